The molecule has 1 aromatic carbocycles. The van der Waals surface area contributed by atoms with Crippen LogP contribution in [0.3, 0.4) is 0 Å². The fourth-order valence-corrected chi connectivity index (χ4v) is 1.76. The van der Waals surface area contributed by atoms with Crippen molar-refractivity contribution in [3.8, 4) is 5.75 Å². The molecule has 0 saturated carbocycles. The Morgan fingerprint density at radius 2 is 2.21 bits per heavy atom. The first-order valence-corrected chi connectivity index (χ1v) is 6.24. The van der Waals surface area contributed by atoms with E-state index in [1.165, 1.54) is 12.1 Å². The van der Waals surface area contributed by atoms with E-state index in [9.17, 15) is 9.18 Å². The minimum Gasteiger partial charge on any atom is -0.492 e. The van der Waals surface area contributed by atoms with E-state index in [2.05, 4.69) is 5.32 Å². The number of carbonyl (C=O) groups excluding carboxylic acids is 1. The Morgan fingerprint density at radius 3 is 2.95 bits per heavy atom. The second kappa shape index (κ2) is 6.94. The molecule has 5 nitrogen and oxygen atoms in total. The molecule has 0 bridgehead atoms. The number of urea groups is 1. The number of hydrogen-bond donors (Lipinski definition) is 1. The van der Waals surface area contributed by atoms with E-state index in [4.69, 9.17) is 9.47 Å². The van der Waals surface area contributed by atoms with Gasteiger partial charge in [-0.2, -0.15) is 0 Å². The second-order valence-corrected chi connectivity index (χ2v) is 4.14. The molecule has 0 radical (unpaired) electrons. The number of hydrogen-bond acceptors (Lipinski definition) is 3. The maximum Gasteiger partial charge on any atom is 0.317 e. The summed E-state index contributed by atoms with van der Waals surface area (Å²) in [6.45, 7) is 3.06. The zero-order valence-corrected chi connectivity index (χ0v) is 10.6. The zero-order chi connectivity index (χ0) is 13.5. The molecule has 19 heavy (non-hydrogen) atoms. The van der Waals surface area contributed by atoms with Crippen LogP contribution < -0.4 is 10.1 Å². The Labute approximate surface area is 111 Å². The van der Waals surface area contributed by atoms with Gasteiger partial charge < -0.3 is 19.7 Å². The molecule has 0 unspecified atom stereocenters. The first-order chi connectivity index (χ1) is 9.25. The summed E-state index contributed by atoms with van der Waals surface area (Å²) in [4.78, 5) is 13.4. The van der Waals surface area contributed by atoms with Gasteiger partial charge in [0.2, 0.25) is 0 Å². The highest BCUT2D eigenvalue weighted by Crippen LogP contribution is 2.11. The van der Waals surface area contributed by atoms with Crippen LogP contribution in [-0.4, -0.2) is 50.4 Å². The lowest BCUT2D eigenvalue weighted by molar-refractivity contribution is 0.0530. The zero-order valence-electron chi connectivity index (χ0n) is 10.6. The number of rotatable bonds is 4. The maximum atomic E-state index is 12.9. The Hall–Kier alpha value is -1.82. The highest BCUT2D eigenvalue weighted by molar-refractivity contribution is 5.74. The summed E-state index contributed by atoms with van der Waals surface area (Å²) in [5, 5.41) is 2.75. The van der Waals surface area contributed by atoms with Gasteiger partial charge in [0.05, 0.1) is 19.8 Å². The fraction of sp³-hybridized carbons (Fsp3) is 0.462. The molecule has 1 aliphatic heterocycles. The van der Waals surface area contributed by atoms with Crippen molar-refractivity contribution in [3.63, 3.8) is 0 Å². The summed E-state index contributed by atoms with van der Waals surface area (Å²) in [5.41, 5.74) is 0. The first kappa shape index (κ1) is 13.6. The van der Waals surface area contributed by atoms with Gasteiger partial charge in [0, 0.05) is 19.2 Å². The number of carbonyl (C=O) groups is 1. The topological polar surface area (TPSA) is 50.8 Å². The van der Waals surface area contributed by atoms with Crippen molar-refractivity contribution in [1.29, 1.82) is 0 Å². The van der Waals surface area contributed by atoms with Crippen LogP contribution in [0.1, 0.15) is 0 Å². The lowest BCUT2D eigenvalue weighted by Crippen LogP contribution is -2.47. The van der Waals surface area contributed by atoms with Crippen molar-refractivity contribution in [2.24, 2.45) is 0 Å². The third-order valence-electron chi connectivity index (χ3n) is 2.74. The van der Waals surface area contributed by atoms with E-state index >= 15 is 0 Å². The number of morpholine rings is 1. The van der Waals surface area contributed by atoms with E-state index in [1.807, 2.05) is 0 Å². The normalized spacial score (nSPS) is 15.1. The van der Waals surface area contributed by atoms with Gasteiger partial charge in [0.1, 0.15) is 18.2 Å². The predicted molar refractivity (Wildman–Crippen MR) is 67.7 cm³/mol. The van der Waals surface area contributed by atoms with Crippen LogP contribution in [0.15, 0.2) is 24.3 Å². The van der Waals surface area contributed by atoms with Crippen molar-refractivity contribution in [1.82, 2.24) is 10.2 Å². The average Bonchev–Trinajstić information content (AvgIpc) is 2.44. The van der Waals surface area contributed by atoms with Gasteiger partial charge >= 0.3 is 6.03 Å². The molecule has 6 heteroatoms. The standard InChI is InChI=1S/C13H17FN2O3/c14-11-2-1-3-12(10-11)19-7-4-15-13(17)16-5-8-18-9-6-16/h1-3,10H,4-9H2,(H,15,17). The van der Waals surface area contributed by atoms with Crippen LogP contribution in [0.2, 0.25) is 0 Å². The lowest BCUT2D eigenvalue weighted by atomic mass is 10.3. The van der Waals surface area contributed by atoms with Gasteiger partial charge in [0.25, 0.3) is 0 Å². The summed E-state index contributed by atoms with van der Waals surface area (Å²) < 4.78 is 23.4. The first-order valence-electron chi connectivity index (χ1n) is 6.24. The van der Waals surface area contributed by atoms with Crippen LogP contribution in [-0.2, 0) is 4.74 Å². The van der Waals surface area contributed by atoms with Crippen LogP contribution in [0.25, 0.3) is 0 Å². The van der Waals surface area contributed by atoms with Crippen molar-refractivity contribution in [3.05, 3.63) is 30.1 Å². The van der Waals surface area contributed by atoms with Crippen LogP contribution in [0.4, 0.5) is 9.18 Å². The highest BCUT2D eigenvalue weighted by Gasteiger charge is 2.15. The smallest absolute Gasteiger partial charge is 0.317 e. The largest absolute Gasteiger partial charge is 0.492 e. The molecular formula is C13H17FN2O3. The number of nitrogens with zero attached hydrogens (tertiary/aromatic N) is 1. The minimum absolute atomic E-state index is 0.119. The van der Waals surface area contributed by atoms with E-state index in [1.54, 1.807) is 17.0 Å². The molecule has 0 aromatic heterocycles. The number of benzene rings is 1. The Balaban J connectivity index is 1.65. The molecular weight excluding hydrogens is 251 g/mol. The van der Waals surface area contributed by atoms with Crippen LogP contribution >= 0.6 is 0 Å². The van der Waals surface area contributed by atoms with Gasteiger partial charge in [-0.1, -0.05) is 6.07 Å². The quantitative estimate of drug-likeness (QED) is 0.836. The Morgan fingerprint density at radius 1 is 1.42 bits per heavy atom. The lowest BCUT2D eigenvalue weighted by Gasteiger charge is -2.26. The van der Waals surface area contributed by atoms with Crippen LogP contribution in [0.5, 0.6) is 5.75 Å². The van der Waals surface area contributed by atoms with Crippen molar-refractivity contribution < 1.29 is 18.7 Å². The van der Waals surface area contributed by atoms with Gasteiger partial charge in [-0.25, -0.2) is 9.18 Å². The Bertz CT molecular complexity index is 422. The highest BCUT2D eigenvalue weighted by atomic mass is 19.1. The van der Waals surface area contributed by atoms with Gasteiger partial charge in [0.15, 0.2) is 0 Å². The summed E-state index contributed by atoms with van der Waals surface area (Å²) in [6.07, 6.45) is 0. The van der Waals surface area contributed by atoms with E-state index in [0.717, 1.165) is 0 Å². The summed E-state index contributed by atoms with van der Waals surface area (Å²) in [5.74, 6) is 0.121. The number of nitrogens with one attached hydrogen (secondary N) is 1. The van der Waals surface area contributed by atoms with Crippen molar-refractivity contribution in [2.45, 2.75) is 0 Å². The number of amides is 2. The molecule has 0 aliphatic carbocycles. The Kier molecular flexibility index (Phi) is 4.97. The molecule has 1 saturated heterocycles. The SMILES string of the molecule is O=C(NCCOc1cccc(F)c1)N1CCOCC1. The molecule has 2 amide bonds. The maximum absolute atomic E-state index is 12.9. The van der Waals surface area contributed by atoms with Crippen molar-refractivity contribution >= 4 is 6.03 Å². The van der Waals surface area contributed by atoms with Crippen molar-refractivity contribution in [2.75, 3.05) is 39.5 Å². The molecule has 1 aliphatic rings. The summed E-state index contributed by atoms with van der Waals surface area (Å²) in [7, 11) is 0. The van der Waals surface area contributed by atoms with Crippen LogP contribution in [0, 0.1) is 5.82 Å². The molecule has 1 fully saturated rings. The third kappa shape index (κ3) is 4.40. The van der Waals surface area contributed by atoms with Gasteiger partial charge in [-0.05, 0) is 12.1 Å². The number of halogens is 1. The predicted octanol–water partition coefficient (Wildman–Crippen LogP) is 1.25. The third-order valence-corrected chi connectivity index (χ3v) is 2.74. The monoisotopic (exact) mass is 268 g/mol. The van der Waals surface area contributed by atoms with E-state index < -0.39 is 0 Å². The molecule has 1 heterocycles. The molecule has 2 rings (SSSR count). The van der Waals surface area contributed by atoms with Gasteiger partial charge in [-0.3, -0.25) is 0 Å². The fourth-order valence-electron chi connectivity index (χ4n) is 1.76. The molecule has 0 spiro atoms. The molecule has 1 N–H and O–H groups in total. The average molecular weight is 268 g/mol. The summed E-state index contributed by atoms with van der Waals surface area (Å²) in [6, 6.07) is 5.80. The van der Waals surface area contributed by atoms with E-state index in [-0.39, 0.29) is 11.8 Å². The summed E-state index contributed by atoms with van der Waals surface area (Å²) >= 11 is 0. The number of ether oxygens (including phenoxy) is 2. The van der Waals surface area contributed by atoms with Gasteiger partial charge in [-0.15, -0.1) is 0 Å². The molecule has 0 atom stereocenters. The van der Waals surface area contributed by atoms with E-state index in [0.29, 0.717) is 45.2 Å². The molecule has 104 valence electrons. The molecule has 1 aromatic rings. The minimum atomic E-state index is -0.338. The second-order valence-electron chi connectivity index (χ2n) is 4.14.